The van der Waals surface area contributed by atoms with Gasteiger partial charge in [0.2, 0.25) is 0 Å². The molecule has 4 heteroatoms. The van der Waals surface area contributed by atoms with Gasteiger partial charge in [-0.05, 0) is 84.9 Å². The minimum atomic E-state index is -0.886. The fourth-order valence-corrected chi connectivity index (χ4v) is 6.18. The fraction of sp³-hybridized carbons (Fsp3) is 0.462. The van der Waals surface area contributed by atoms with E-state index >= 15 is 0 Å². The minimum absolute atomic E-state index is 0.0143. The van der Waals surface area contributed by atoms with Gasteiger partial charge in [0.25, 0.3) is 0 Å². The van der Waals surface area contributed by atoms with Crippen LogP contribution in [0.4, 0.5) is 0 Å². The number of esters is 1. The van der Waals surface area contributed by atoms with Crippen molar-refractivity contribution in [3.63, 3.8) is 0 Å². The van der Waals surface area contributed by atoms with E-state index in [1.54, 1.807) is 0 Å². The molecule has 5 rings (SSSR count). The Bertz CT molecular complexity index is 1030. The first kappa shape index (κ1) is 19.8. The van der Waals surface area contributed by atoms with Crippen LogP contribution in [0.1, 0.15) is 61.1 Å². The second-order valence-corrected chi connectivity index (χ2v) is 9.87. The average Bonchev–Trinajstić information content (AvgIpc) is 3.27. The lowest BCUT2D eigenvalue weighted by atomic mass is 9.70. The second-order valence-electron chi connectivity index (χ2n) is 9.44. The molecule has 2 aliphatic carbocycles. The highest BCUT2D eigenvalue weighted by atomic mass is 35.5. The molecule has 0 bridgehead atoms. The summed E-state index contributed by atoms with van der Waals surface area (Å²) in [6, 6.07) is 11.8. The number of rotatable bonds is 2. The molecule has 2 aromatic rings. The summed E-state index contributed by atoms with van der Waals surface area (Å²) in [5, 5.41) is 0.700. The maximum atomic E-state index is 13.6. The van der Waals surface area contributed by atoms with Crippen LogP contribution in [0.15, 0.2) is 36.4 Å². The summed E-state index contributed by atoms with van der Waals surface area (Å²) in [6.07, 6.45) is 6.08. The zero-order valence-electron chi connectivity index (χ0n) is 17.5. The number of ketones is 1. The van der Waals surface area contributed by atoms with Gasteiger partial charge in [0.1, 0.15) is 5.92 Å². The first-order valence-electron chi connectivity index (χ1n) is 11.0. The highest BCUT2D eigenvalue weighted by molar-refractivity contribution is 6.30. The molecule has 3 aliphatic rings. The average molecular weight is 423 g/mol. The lowest BCUT2D eigenvalue weighted by molar-refractivity contribution is -0.157. The van der Waals surface area contributed by atoms with Gasteiger partial charge in [-0.3, -0.25) is 9.59 Å². The number of hydrogen-bond acceptors (Lipinski definition) is 3. The van der Waals surface area contributed by atoms with Crippen molar-refractivity contribution in [1.29, 1.82) is 0 Å². The monoisotopic (exact) mass is 422 g/mol. The number of halogens is 1. The number of fused-ring (bicyclic) bond motifs is 1. The molecule has 0 radical (unpaired) electrons. The van der Waals surface area contributed by atoms with Crippen LogP contribution in [-0.4, -0.2) is 17.4 Å². The summed E-state index contributed by atoms with van der Waals surface area (Å²) in [5.74, 6) is 0.0758. The molecular formula is C26H27ClO3. The van der Waals surface area contributed by atoms with Crippen LogP contribution in [0.25, 0.3) is 11.1 Å². The number of Topliss-reactive ketones (excluding diaryl/α,β-unsaturated/α-hetero) is 1. The molecule has 1 heterocycles. The Morgan fingerprint density at radius 3 is 2.47 bits per heavy atom. The topological polar surface area (TPSA) is 43.4 Å². The number of carbonyl (C=O) groups excluding carboxylic acids is 2. The van der Waals surface area contributed by atoms with Gasteiger partial charge in [-0.15, -0.1) is 0 Å². The van der Waals surface area contributed by atoms with Crippen molar-refractivity contribution >= 4 is 23.4 Å². The lowest BCUT2D eigenvalue weighted by Gasteiger charge is -2.37. The van der Waals surface area contributed by atoms with Crippen LogP contribution in [0, 0.1) is 25.7 Å². The normalized spacial score (nSPS) is 30.6. The zero-order chi connectivity index (χ0) is 21.0. The Morgan fingerprint density at radius 1 is 0.967 bits per heavy atom. The smallest absolute Gasteiger partial charge is 0.322 e. The Balaban J connectivity index is 1.48. The number of hydrogen-bond donors (Lipinski definition) is 0. The van der Waals surface area contributed by atoms with Gasteiger partial charge in [-0.25, -0.2) is 0 Å². The lowest BCUT2D eigenvalue weighted by Crippen LogP contribution is -2.43. The van der Waals surface area contributed by atoms with E-state index in [0.717, 1.165) is 47.1 Å². The molecular weight excluding hydrogens is 396 g/mol. The maximum absolute atomic E-state index is 13.6. The minimum Gasteiger partial charge on any atom is -0.450 e. The molecule has 156 valence electrons. The Labute approximate surface area is 182 Å². The van der Waals surface area contributed by atoms with E-state index in [1.807, 2.05) is 44.2 Å². The summed E-state index contributed by atoms with van der Waals surface area (Å²) in [7, 11) is 0. The molecule has 2 saturated carbocycles. The van der Waals surface area contributed by atoms with E-state index in [-0.39, 0.29) is 11.8 Å². The van der Waals surface area contributed by atoms with E-state index in [9.17, 15) is 9.59 Å². The third-order valence-electron chi connectivity index (χ3n) is 7.65. The maximum Gasteiger partial charge on any atom is 0.322 e. The summed E-state index contributed by atoms with van der Waals surface area (Å²) in [4.78, 5) is 26.5. The van der Waals surface area contributed by atoms with Gasteiger partial charge >= 0.3 is 5.97 Å². The van der Waals surface area contributed by atoms with Gasteiger partial charge in [-0.1, -0.05) is 55.1 Å². The van der Waals surface area contributed by atoms with Crippen LogP contribution in [0.2, 0.25) is 5.02 Å². The summed E-state index contributed by atoms with van der Waals surface area (Å²) in [5.41, 5.74) is 4.07. The van der Waals surface area contributed by atoms with Gasteiger partial charge in [0.15, 0.2) is 11.4 Å². The van der Waals surface area contributed by atoms with Gasteiger partial charge in [-0.2, -0.15) is 0 Å². The summed E-state index contributed by atoms with van der Waals surface area (Å²) < 4.78 is 5.90. The largest absolute Gasteiger partial charge is 0.450 e. The molecule has 3 nitrogen and oxygen atoms in total. The van der Waals surface area contributed by atoms with E-state index in [0.29, 0.717) is 23.3 Å². The molecule has 1 spiro atoms. The highest BCUT2D eigenvalue weighted by Crippen LogP contribution is 2.52. The van der Waals surface area contributed by atoms with Gasteiger partial charge in [0, 0.05) is 5.02 Å². The number of ether oxygens (including phenoxy) is 1. The molecule has 0 aromatic heterocycles. The third kappa shape index (κ3) is 3.10. The van der Waals surface area contributed by atoms with Crippen LogP contribution in [-0.2, 0) is 14.3 Å². The predicted octanol–water partition coefficient (Wildman–Crippen LogP) is 6.17. The number of benzene rings is 2. The molecule has 2 aromatic carbocycles. The highest BCUT2D eigenvalue weighted by Gasteiger charge is 2.59. The van der Waals surface area contributed by atoms with Crippen molar-refractivity contribution in [2.45, 2.75) is 63.9 Å². The summed E-state index contributed by atoms with van der Waals surface area (Å²) >= 11 is 6.03. The standard InChI is InChI=1S/C26H27ClO3/c1-15-13-22(16(2)12-21(15)18-6-8-20(27)9-7-18)23-24(28)26(30-25(23)29)11-10-17-4-3-5-19(17)14-26/h6-9,12-13,17,19,23H,3-5,10-11,14H2,1-2H3. The molecule has 0 N–H and O–H groups in total. The van der Waals surface area contributed by atoms with Crippen molar-refractivity contribution in [1.82, 2.24) is 0 Å². The Kier molecular flexibility index (Phi) is 4.77. The predicted molar refractivity (Wildman–Crippen MR) is 118 cm³/mol. The second kappa shape index (κ2) is 7.23. The molecule has 0 amide bonds. The number of carbonyl (C=O) groups is 2. The molecule has 3 fully saturated rings. The molecule has 1 saturated heterocycles. The van der Waals surface area contributed by atoms with Crippen LogP contribution >= 0.6 is 11.6 Å². The summed E-state index contributed by atoms with van der Waals surface area (Å²) in [6.45, 7) is 4.00. The Morgan fingerprint density at radius 2 is 1.70 bits per heavy atom. The van der Waals surface area contributed by atoms with Crippen LogP contribution in [0.5, 0.6) is 0 Å². The molecule has 4 unspecified atom stereocenters. The van der Waals surface area contributed by atoms with E-state index in [1.165, 1.54) is 12.8 Å². The first-order valence-corrected chi connectivity index (χ1v) is 11.4. The van der Waals surface area contributed by atoms with E-state index in [2.05, 4.69) is 6.07 Å². The van der Waals surface area contributed by atoms with Crippen molar-refractivity contribution in [3.05, 3.63) is 58.1 Å². The zero-order valence-corrected chi connectivity index (χ0v) is 18.3. The van der Waals surface area contributed by atoms with Crippen molar-refractivity contribution in [3.8, 4) is 11.1 Å². The molecule has 4 atom stereocenters. The van der Waals surface area contributed by atoms with Crippen molar-refractivity contribution in [2.75, 3.05) is 0 Å². The van der Waals surface area contributed by atoms with Crippen LogP contribution < -0.4 is 0 Å². The van der Waals surface area contributed by atoms with Gasteiger partial charge < -0.3 is 4.74 Å². The molecule has 30 heavy (non-hydrogen) atoms. The van der Waals surface area contributed by atoms with Crippen molar-refractivity contribution in [2.24, 2.45) is 11.8 Å². The Hall–Kier alpha value is -2.13. The van der Waals surface area contributed by atoms with Crippen molar-refractivity contribution < 1.29 is 14.3 Å². The first-order chi connectivity index (χ1) is 14.4. The van der Waals surface area contributed by atoms with Crippen LogP contribution in [0.3, 0.4) is 0 Å². The quantitative estimate of drug-likeness (QED) is 0.429. The van der Waals surface area contributed by atoms with E-state index in [4.69, 9.17) is 16.3 Å². The SMILES string of the molecule is Cc1cc(C2C(=O)OC3(CCC4CCCC4C3)C2=O)c(C)cc1-c1ccc(Cl)cc1. The number of aryl methyl sites for hydroxylation is 2. The van der Waals surface area contributed by atoms with E-state index < -0.39 is 11.5 Å². The van der Waals surface area contributed by atoms with Gasteiger partial charge in [0.05, 0.1) is 0 Å². The fourth-order valence-electron chi connectivity index (χ4n) is 6.05. The molecule has 1 aliphatic heterocycles. The third-order valence-corrected chi connectivity index (χ3v) is 7.90.